The normalized spacial score (nSPS) is 13.1. The fraction of sp³-hybridized carbons (Fsp3) is 0.475. The van der Waals surface area contributed by atoms with E-state index < -0.39 is 17.4 Å². The van der Waals surface area contributed by atoms with E-state index in [2.05, 4.69) is 78.3 Å². The van der Waals surface area contributed by atoms with Gasteiger partial charge >= 0.3 is 5.97 Å². The van der Waals surface area contributed by atoms with E-state index in [0.29, 0.717) is 25.9 Å². The maximum absolute atomic E-state index is 12.8. The van der Waals surface area contributed by atoms with Crippen LogP contribution in [0.25, 0.3) is 0 Å². The van der Waals surface area contributed by atoms with E-state index in [1.165, 1.54) is 0 Å². The van der Waals surface area contributed by atoms with E-state index >= 15 is 0 Å². The van der Waals surface area contributed by atoms with Crippen molar-refractivity contribution in [3.63, 3.8) is 0 Å². The summed E-state index contributed by atoms with van der Waals surface area (Å²) in [6.45, 7) is 10.1. The van der Waals surface area contributed by atoms with Gasteiger partial charge in [0.1, 0.15) is 11.8 Å². The Labute approximate surface area is 283 Å². The predicted octanol–water partition coefficient (Wildman–Crippen LogP) is 8.65. The van der Waals surface area contributed by atoms with E-state index in [1.54, 1.807) is 0 Å². The molecule has 0 aliphatic heterocycles. The highest BCUT2D eigenvalue weighted by atomic mass is 16.5. The number of carbonyl (C=O) groups excluding carboxylic acids is 2. The molecule has 0 aliphatic carbocycles. The van der Waals surface area contributed by atoms with E-state index in [-0.39, 0.29) is 24.8 Å². The summed E-state index contributed by atoms with van der Waals surface area (Å²) >= 11 is 0. The molecule has 0 saturated heterocycles. The summed E-state index contributed by atoms with van der Waals surface area (Å²) < 4.78 is 5.90. The van der Waals surface area contributed by atoms with Gasteiger partial charge in [0.15, 0.2) is 0 Å². The Kier molecular flexibility index (Phi) is 21.8. The maximum atomic E-state index is 12.8. The van der Waals surface area contributed by atoms with Gasteiger partial charge in [-0.3, -0.25) is 9.59 Å². The van der Waals surface area contributed by atoms with Gasteiger partial charge in [0.05, 0.1) is 6.61 Å². The average Bonchev–Trinajstić information content (AvgIpc) is 3.03. The molecule has 0 heterocycles. The number of nitrogens with one attached hydrogen (secondary N) is 2. The number of benzene rings is 1. The highest BCUT2D eigenvalue weighted by molar-refractivity contribution is 5.85. The Balaban J connectivity index is 2.24. The lowest BCUT2D eigenvalue weighted by Gasteiger charge is -2.25. The monoisotopic (exact) mass is 646 g/mol. The quantitative estimate of drug-likeness (QED) is 0.0770. The van der Waals surface area contributed by atoms with Crippen molar-refractivity contribution < 1.29 is 24.2 Å². The van der Waals surface area contributed by atoms with Gasteiger partial charge in [-0.25, -0.2) is 4.79 Å². The Bertz CT molecular complexity index is 1250. The molecular weight excluding hydrogens is 588 g/mol. The van der Waals surface area contributed by atoms with Crippen molar-refractivity contribution in [3.05, 3.63) is 102 Å². The Hall–Kier alpha value is -4.13. The summed E-state index contributed by atoms with van der Waals surface area (Å²) in [7, 11) is 0. The topological polar surface area (TPSA) is 105 Å². The first kappa shape index (κ1) is 40.9. The zero-order valence-electron chi connectivity index (χ0n) is 29.3. The first-order valence-electron chi connectivity index (χ1n) is 17.0. The second-order valence-corrected chi connectivity index (χ2v) is 12.2. The second-order valence-electron chi connectivity index (χ2n) is 12.2. The van der Waals surface area contributed by atoms with Crippen LogP contribution in [0.4, 0.5) is 0 Å². The molecule has 0 aliphatic rings. The molecule has 0 radical (unpaired) electrons. The Morgan fingerprint density at radius 2 is 1.36 bits per heavy atom. The van der Waals surface area contributed by atoms with E-state index in [0.717, 1.165) is 55.4 Å². The van der Waals surface area contributed by atoms with Crippen LogP contribution >= 0.6 is 0 Å². The molecule has 0 spiro atoms. The zero-order valence-corrected chi connectivity index (χ0v) is 29.3. The Morgan fingerprint density at radius 1 is 0.830 bits per heavy atom. The van der Waals surface area contributed by atoms with Gasteiger partial charge in [-0.1, -0.05) is 106 Å². The molecule has 7 heteroatoms. The molecule has 1 atom stereocenters. The first-order valence-corrected chi connectivity index (χ1v) is 17.0. The summed E-state index contributed by atoms with van der Waals surface area (Å²) in [6, 6.07) is 4.86. The number of aliphatic carboxylic acids is 1. The van der Waals surface area contributed by atoms with Crippen molar-refractivity contribution in [2.24, 2.45) is 5.41 Å². The Morgan fingerprint density at radius 3 is 1.89 bits per heavy atom. The first-order chi connectivity index (χ1) is 22.6. The number of aryl methyl sites for hydroxylation is 2. The van der Waals surface area contributed by atoms with Crippen molar-refractivity contribution in [3.8, 4) is 5.75 Å². The van der Waals surface area contributed by atoms with Crippen LogP contribution in [0.3, 0.4) is 0 Å². The fourth-order valence-corrected chi connectivity index (χ4v) is 4.43. The van der Waals surface area contributed by atoms with Gasteiger partial charge in [-0.15, -0.1) is 0 Å². The molecule has 47 heavy (non-hydrogen) atoms. The smallest absolute Gasteiger partial charge is 0.328 e. The molecule has 258 valence electrons. The van der Waals surface area contributed by atoms with Gasteiger partial charge in [0.25, 0.3) is 0 Å². The molecule has 7 nitrogen and oxygen atoms in total. The second kappa shape index (κ2) is 25.0. The third-order valence-corrected chi connectivity index (χ3v) is 7.40. The summed E-state index contributed by atoms with van der Waals surface area (Å²) in [4.78, 5) is 36.9. The molecule has 0 fully saturated rings. The van der Waals surface area contributed by atoms with Crippen LogP contribution in [0.2, 0.25) is 0 Å². The van der Waals surface area contributed by atoms with E-state index in [9.17, 15) is 19.5 Å². The minimum Gasteiger partial charge on any atom is -0.493 e. The molecule has 0 saturated carbocycles. The molecule has 1 unspecified atom stereocenters. The van der Waals surface area contributed by atoms with Gasteiger partial charge in [0, 0.05) is 18.4 Å². The third kappa shape index (κ3) is 20.6. The number of carboxylic acid groups (broad SMARTS) is 1. The van der Waals surface area contributed by atoms with Crippen molar-refractivity contribution in [1.29, 1.82) is 0 Å². The standard InChI is InChI=1S/C40H58N2O5/c1-6-7-8-9-10-11-12-13-14-15-16-17-18-19-20-21-22-23-24-26-37(43)42-35(38(44)45)32-41-39(46)40(4,5)29-25-30-47-36-31-33(2)27-28-34(36)3/h7-8,10-11,13-14,16-17,19-20,22-23,27-28,31,35H,6,9,12,15,18,21,24-26,29-30,32H2,1-5H3,(H,41,46)(H,42,43)(H,44,45)/b8-7-,11-10-,14-13-,17-16-,20-19-,23-22-. The lowest BCUT2D eigenvalue weighted by molar-refractivity contribution is -0.142. The summed E-state index contributed by atoms with van der Waals surface area (Å²) in [5.74, 6) is -0.975. The lowest BCUT2D eigenvalue weighted by Crippen LogP contribution is -2.50. The lowest BCUT2D eigenvalue weighted by atomic mass is 9.87. The third-order valence-electron chi connectivity index (χ3n) is 7.40. The number of rotatable bonds is 24. The van der Waals surface area contributed by atoms with E-state index in [4.69, 9.17) is 4.74 Å². The number of hydrogen-bond donors (Lipinski definition) is 3. The molecule has 2 amide bonds. The fourth-order valence-electron chi connectivity index (χ4n) is 4.43. The summed E-state index contributed by atoms with van der Waals surface area (Å²) in [5.41, 5.74) is 1.47. The number of amides is 2. The number of hydrogen-bond acceptors (Lipinski definition) is 4. The largest absolute Gasteiger partial charge is 0.493 e. The zero-order chi connectivity index (χ0) is 34.8. The molecule has 1 rings (SSSR count). The van der Waals surface area contributed by atoms with Crippen molar-refractivity contribution >= 4 is 17.8 Å². The van der Waals surface area contributed by atoms with Crippen LogP contribution in [0.5, 0.6) is 5.75 Å². The molecule has 0 aromatic heterocycles. The molecule has 1 aromatic rings. The van der Waals surface area contributed by atoms with Gasteiger partial charge in [0.2, 0.25) is 11.8 Å². The van der Waals surface area contributed by atoms with Crippen LogP contribution in [0.1, 0.15) is 96.1 Å². The molecule has 1 aromatic carbocycles. The predicted molar refractivity (Wildman–Crippen MR) is 194 cm³/mol. The van der Waals surface area contributed by atoms with Gasteiger partial charge in [-0.05, 0) is 88.8 Å². The van der Waals surface area contributed by atoms with Crippen LogP contribution < -0.4 is 15.4 Å². The highest BCUT2D eigenvalue weighted by Crippen LogP contribution is 2.24. The van der Waals surface area contributed by atoms with Crippen molar-refractivity contribution in [2.45, 2.75) is 105 Å². The van der Waals surface area contributed by atoms with Crippen LogP contribution in [-0.4, -0.2) is 42.1 Å². The van der Waals surface area contributed by atoms with Gasteiger partial charge in [-0.2, -0.15) is 0 Å². The van der Waals surface area contributed by atoms with Crippen molar-refractivity contribution in [1.82, 2.24) is 10.6 Å². The minimum absolute atomic E-state index is 0.172. The average molecular weight is 647 g/mol. The van der Waals surface area contributed by atoms with E-state index in [1.807, 2.05) is 58.0 Å². The van der Waals surface area contributed by atoms with Gasteiger partial charge < -0.3 is 20.5 Å². The number of carboxylic acids is 1. The van der Waals surface area contributed by atoms with Crippen molar-refractivity contribution in [2.75, 3.05) is 13.2 Å². The molecule has 0 bridgehead atoms. The minimum atomic E-state index is -1.19. The maximum Gasteiger partial charge on any atom is 0.328 e. The molecule has 3 N–H and O–H groups in total. The summed E-state index contributed by atoms with van der Waals surface area (Å²) in [5, 5.41) is 14.8. The SMILES string of the molecule is CC/C=C\C/C=C\C/C=C\C/C=C\C/C=C\C/C=C\CCC(=O)NC(CNC(=O)C(C)(C)CCCOc1cc(C)ccc1C)C(=O)O. The van der Waals surface area contributed by atoms with Crippen LogP contribution in [0, 0.1) is 19.3 Å². The summed E-state index contributed by atoms with van der Waals surface area (Å²) in [6.07, 6.45) is 33.0. The van der Waals surface area contributed by atoms with Crippen LogP contribution in [0.15, 0.2) is 91.1 Å². The van der Waals surface area contributed by atoms with Crippen LogP contribution in [-0.2, 0) is 14.4 Å². The number of allylic oxidation sites excluding steroid dienone is 12. The highest BCUT2D eigenvalue weighted by Gasteiger charge is 2.29. The number of ether oxygens (including phenoxy) is 1. The molecular formula is C40H58N2O5. The number of carbonyl (C=O) groups is 3.